The number of carbonyl (C=O) groups is 1. The van der Waals surface area contributed by atoms with Crippen molar-refractivity contribution < 1.29 is 4.79 Å². The van der Waals surface area contributed by atoms with Crippen LogP contribution >= 0.6 is 11.7 Å². The molecule has 0 saturated carbocycles. The van der Waals surface area contributed by atoms with Crippen molar-refractivity contribution in [1.29, 1.82) is 0 Å². The summed E-state index contributed by atoms with van der Waals surface area (Å²) < 4.78 is 16.8. The summed E-state index contributed by atoms with van der Waals surface area (Å²) in [5, 5.41) is 2.87. The van der Waals surface area contributed by atoms with E-state index in [2.05, 4.69) is 22.0 Å². The zero-order valence-electron chi connectivity index (χ0n) is 10.5. The number of fused-ring (bicyclic) bond motifs is 2. The predicted molar refractivity (Wildman–Crippen MR) is 81.8 cm³/mol. The van der Waals surface area contributed by atoms with Crippen molar-refractivity contribution in [1.82, 2.24) is 16.7 Å². The molecule has 6 nitrogen and oxygen atoms in total. The molecule has 21 heavy (non-hydrogen) atoms. The number of nitrogens with one attached hydrogen (secondary N) is 1. The Morgan fingerprint density at radius 2 is 1.76 bits per heavy atom. The first-order valence-electron chi connectivity index (χ1n) is 6.05. The number of benzene rings is 2. The maximum atomic E-state index is 12.3. The van der Waals surface area contributed by atoms with Crippen molar-refractivity contribution in [2.45, 2.75) is 0 Å². The van der Waals surface area contributed by atoms with Crippen molar-refractivity contribution in [3.05, 3.63) is 42.0 Å². The fraction of sp³-hybridized carbons (Fsp3) is 0. The summed E-state index contributed by atoms with van der Waals surface area (Å²) in [5.74, 6) is -0.176. The van der Waals surface area contributed by atoms with E-state index >= 15 is 0 Å². The van der Waals surface area contributed by atoms with Gasteiger partial charge in [-0.25, -0.2) is 0 Å². The van der Waals surface area contributed by atoms with E-state index in [-0.39, 0.29) is 20.9 Å². The van der Waals surface area contributed by atoms with Gasteiger partial charge in [-0.2, -0.15) is 0 Å². The third-order valence-corrected chi connectivity index (χ3v) is 4.75. The van der Waals surface area contributed by atoms with Crippen LogP contribution in [0, 0.1) is 0 Å². The Kier molecular flexibility index (Phi) is 2.99. The predicted octanol–water partition coefficient (Wildman–Crippen LogP) is 1.94. The SMILES string of the molecule is O=C(Nc1ccc2n[se]nc2c1)c1ccc2nsnc2c1. The Morgan fingerprint density at radius 1 is 0.952 bits per heavy atom. The average Bonchev–Trinajstić information content (AvgIpc) is 3.14. The van der Waals surface area contributed by atoms with E-state index in [1.165, 1.54) is 0 Å². The molecule has 102 valence electrons. The molecule has 4 aromatic rings. The van der Waals surface area contributed by atoms with Gasteiger partial charge in [-0.1, -0.05) is 0 Å². The zero-order chi connectivity index (χ0) is 14.2. The van der Waals surface area contributed by atoms with Crippen LogP contribution < -0.4 is 5.32 Å². The molecule has 0 fully saturated rings. The van der Waals surface area contributed by atoms with Crippen LogP contribution in [0.3, 0.4) is 0 Å². The Morgan fingerprint density at radius 3 is 2.71 bits per heavy atom. The van der Waals surface area contributed by atoms with Crippen LogP contribution in [0.15, 0.2) is 36.4 Å². The van der Waals surface area contributed by atoms with Gasteiger partial charge in [-0.05, 0) is 0 Å². The first-order valence-corrected chi connectivity index (χ1v) is 8.32. The molecule has 2 aromatic carbocycles. The van der Waals surface area contributed by atoms with E-state index < -0.39 is 0 Å². The summed E-state index contributed by atoms with van der Waals surface area (Å²) in [7, 11) is 0. The molecule has 0 aliphatic rings. The summed E-state index contributed by atoms with van der Waals surface area (Å²) in [6.07, 6.45) is 0. The first kappa shape index (κ1) is 12.6. The number of nitrogens with zero attached hydrogens (tertiary/aromatic N) is 4. The standard InChI is InChI=1S/C13H7N5OSSe/c19-13(7-1-3-9-11(5-7)16-20-15-9)14-8-2-4-10-12(6-8)18-21-17-10/h1-6H,(H,14,19). The molecule has 0 aliphatic carbocycles. The number of hydrogen-bond donors (Lipinski definition) is 1. The quantitative estimate of drug-likeness (QED) is 0.553. The van der Waals surface area contributed by atoms with E-state index in [0.29, 0.717) is 11.3 Å². The number of anilines is 1. The Bertz CT molecular complexity index is 963. The van der Waals surface area contributed by atoms with Crippen LogP contribution in [0.5, 0.6) is 0 Å². The van der Waals surface area contributed by atoms with Crippen molar-refractivity contribution in [2.24, 2.45) is 0 Å². The molecule has 0 aliphatic heterocycles. The second kappa shape index (κ2) is 5.00. The summed E-state index contributed by atoms with van der Waals surface area (Å²) in [5.41, 5.74) is 4.54. The van der Waals surface area contributed by atoms with E-state index in [0.717, 1.165) is 33.8 Å². The van der Waals surface area contributed by atoms with Crippen LogP contribution in [0.2, 0.25) is 0 Å². The molecule has 4 rings (SSSR count). The molecule has 1 amide bonds. The van der Waals surface area contributed by atoms with Gasteiger partial charge in [0.2, 0.25) is 0 Å². The minimum atomic E-state index is -0.176. The molecule has 2 heterocycles. The Balaban J connectivity index is 1.64. The molecule has 0 saturated heterocycles. The average molecular weight is 360 g/mol. The van der Waals surface area contributed by atoms with Gasteiger partial charge in [-0.15, -0.1) is 0 Å². The molecule has 0 atom stereocenters. The molecular weight excluding hydrogens is 353 g/mol. The van der Waals surface area contributed by atoms with Gasteiger partial charge in [-0.3, -0.25) is 0 Å². The normalized spacial score (nSPS) is 11.0. The van der Waals surface area contributed by atoms with Crippen molar-refractivity contribution in [3.63, 3.8) is 0 Å². The maximum absolute atomic E-state index is 12.3. The third-order valence-electron chi connectivity index (χ3n) is 3.03. The summed E-state index contributed by atoms with van der Waals surface area (Å²) in [6, 6.07) is 10.8. The number of hydrogen-bond acceptors (Lipinski definition) is 6. The molecular formula is C13H7N5OSSe. The second-order valence-corrected chi connectivity index (χ2v) is 6.03. The Hall–Kier alpha value is -2.15. The first-order chi connectivity index (χ1) is 10.3. The van der Waals surface area contributed by atoms with Gasteiger partial charge in [0.15, 0.2) is 0 Å². The summed E-state index contributed by atoms with van der Waals surface area (Å²) in [4.78, 5) is 12.3. The topological polar surface area (TPSA) is 80.7 Å². The summed E-state index contributed by atoms with van der Waals surface area (Å²) >= 11 is 1.08. The van der Waals surface area contributed by atoms with Gasteiger partial charge >= 0.3 is 129 Å². The fourth-order valence-electron chi connectivity index (χ4n) is 1.99. The molecule has 0 unspecified atom stereocenters. The van der Waals surface area contributed by atoms with Crippen molar-refractivity contribution in [3.8, 4) is 0 Å². The van der Waals surface area contributed by atoms with Crippen LogP contribution in [-0.4, -0.2) is 37.6 Å². The van der Waals surface area contributed by atoms with Crippen LogP contribution in [-0.2, 0) is 0 Å². The molecule has 2 aromatic heterocycles. The number of amides is 1. The van der Waals surface area contributed by atoms with Crippen LogP contribution in [0.1, 0.15) is 10.4 Å². The van der Waals surface area contributed by atoms with Gasteiger partial charge in [0.1, 0.15) is 0 Å². The van der Waals surface area contributed by atoms with Gasteiger partial charge in [0, 0.05) is 0 Å². The number of aromatic nitrogens is 4. The van der Waals surface area contributed by atoms with Crippen molar-refractivity contribution in [2.75, 3.05) is 5.32 Å². The van der Waals surface area contributed by atoms with Gasteiger partial charge in [0.25, 0.3) is 0 Å². The van der Waals surface area contributed by atoms with E-state index in [4.69, 9.17) is 0 Å². The van der Waals surface area contributed by atoms with E-state index in [1.54, 1.807) is 18.2 Å². The third kappa shape index (κ3) is 2.33. The molecule has 0 bridgehead atoms. The molecule has 0 spiro atoms. The molecule has 8 heteroatoms. The number of rotatable bonds is 2. The van der Waals surface area contributed by atoms with E-state index in [1.807, 2.05) is 18.2 Å². The Labute approximate surface area is 129 Å². The molecule has 1 N–H and O–H groups in total. The number of carbonyl (C=O) groups excluding carboxylic acids is 1. The second-order valence-electron chi connectivity index (χ2n) is 4.39. The van der Waals surface area contributed by atoms with Crippen molar-refractivity contribution >= 4 is 60.4 Å². The van der Waals surface area contributed by atoms with Crippen LogP contribution in [0.25, 0.3) is 22.1 Å². The monoisotopic (exact) mass is 361 g/mol. The molecule has 0 radical (unpaired) electrons. The zero-order valence-corrected chi connectivity index (χ0v) is 13.0. The minimum absolute atomic E-state index is 0.0619. The van der Waals surface area contributed by atoms with E-state index in [9.17, 15) is 4.79 Å². The summed E-state index contributed by atoms with van der Waals surface area (Å²) in [6.45, 7) is 0. The van der Waals surface area contributed by atoms with Crippen LogP contribution in [0.4, 0.5) is 5.69 Å². The van der Waals surface area contributed by atoms with Gasteiger partial charge in [0.05, 0.1) is 0 Å². The van der Waals surface area contributed by atoms with Gasteiger partial charge < -0.3 is 0 Å². The fourth-order valence-corrected chi connectivity index (χ4v) is 3.59.